The zero-order valence-electron chi connectivity index (χ0n) is 11.8. The molecule has 0 atom stereocenters. The summed E-state index contributed by atoms with van der Waals surface area (Å²) in [5.74, 6) is 0.395. The van der Waals surface area contributed by atoms with Crippen molar-refractivity contribution in [2.75, 3.05) is 18.5 Å². The maximum atomic E-state index is 11.6. The number of hydrogen-bond donors (Lipinski definition) is 1. The number of halogens is 1. The van der Waals surface area contributed by atoms with Crippen molar-refractivity contribution in [2.24, 2.45) is 5.92 Å². The number of anilines is 1. The van der Waals surface area contributed by atoms with Crippen LogP contribution in [0, 0.1) is 5.92 Å². The molecule has 0 saturated heterocycles. The Labute approximate surface area is 123 Å². The normalized spacial score (nSPS) is 10.6. The number of ether oxygens (including phenoxy) is 1. The van der Waals surface area contributed by atoms with Gasteiger partial charge in [-0.05, 0) is 47.0 Å². The maximum absolute atomic E-state index is 11.6. The third-order valence-electron chi connectivity index (χ3n) is 3.22. The lowest BCUT2D eigenvalue weighted by Crippen LogP contribution is -2.13. The lowest BCUT2D eigenvalue weighted by atomic mass is 10.0. The summed E-state index contributed by atoms with van der Waals surface area (Å²) in [6.07, 6.45) is 2.34. The van der Waals surface area contributed by atoms with Gasteiger partial charge in [-0.3, -0.25) is 0 Å². The molecular weight excluding hydrogens is 306 g/mol. The van der Waals surface area contributed by atoms with Crippen LogP contribution in [0.1, 0.15) is 44.0 Å². The van der Waals surface area contributed by atoms with Gasteiger partial charge in [0.15, 0.2) is 0 Å². The highest BCUT2D eigenvalue weighted by Gasteiger charge is 2.10. The van der Waals surface area contributed by atoms with Crippen molar-refractivity contribution >= 4 is 27.6 Å². The number of rotatable bonds is 7. The number of benzene rings is 1. The highest BCUT2D eigenvalue weighted by molar-refractivity contribution is 9.10. The molecule has 1 N–H and O–H groups in total. The van der Waals surface area contributed by atoms with Gasteiger partial charge in [0.25, 0.3) is 0 Å². The van der Waals surface area contributed by atoms with E-state index in [0.717, 1.165) is 16.7 Å². The predicted molar refractivity (Wildman–Crippen MR) is 82.7 cm³/mol. The van der Waals surface area contributed by atoms with Gasteiger partial charge in [0.05, 0.1) is 12.2 Å². The van der Waals surface area contributed by atoms with Gasteiger partial charge >= 0.3 is 5.97 Å². The Morgan fingerprint density at radius 1 is 1.32 bits per heavy atom. The smallest absolute Gasteiger partial charge is 0.338 e. The van der Waals surface area contributed by atoms with Crippen molar-refractivity contribution in [3.63, 3.8) is 0 Å². The minimum absolute atomic E-state index is 0.283. The van der Waals surface area contributed by atoms with Crippen LogP contribution in [0.25, 0.3) is 0 Å². The van der Waals surface area contributed by atoms with Gasteiger partial charge in [0.2, 0.25) is 0 Å². The maximum Gasteiger partial charge on any atom is 0.338 e. The van der Waals surface area contributed by atoms with Crippen molar-refractivity contribution < 1.29 is 9.53 Å². The number of hydrogen-bond acceptors (Lipinski definition) is 3. The molecular formula is C15H22BrNO2. The average molecular weight is 328 g/mol. The summed E-state index contributed by atoms with van der Waals surface area (Å²) in [5, 5.41) is 3.41. The lowest BCUT2D eigenvalue weighted by Gasteiger charge is -2.15. The number of carbonyl (C=O) groups is 1. The van der Waals surface area contributed by atoms with Gasteiger partial charge in [0.1, 0.15) is 0 Å². The molecule has 0 heterocycles. The standard InChI is InChI=1S/C15H22BrNO2/c1-4-11(5-2)10-17-14-8-7-12(9-13(14)16)15(18)19-6-3/h7-9,11,17H,4-6,10H2,1-3H3. The quantitative estimate of drug-likeness (QED) is 0.750. The molecule has 1 rings (SSSR count). The topological polar surface area (TPSA) is 38.3 Å². The van der Waals surface area contributed by atoms with E-state index in [9.17, 15) is 4.79 Å². The van der Waals surface area contributed by atoms with Crippen LogP contribution in [0.4, 0.5) is 5.69 Å². The monoisotopic (exact) mass is 327 g/mol. The van der Waals surface area contributed by atoms with Crippen LogP contribution < -0.4 is 5.32 Å². The molecule has 4 heteroatoms. The van der Waals surface area contributed by atoms with Gasteiger partial charge in [-0.15, -0.1) is 0 Å². The fourth-order valence-electron chi connectivity index (χ4n) is 1.83. The minimum Gasteiger partial charge on any atom is -0.462 e. The molecule has 0 spiro atoms. The lowest BCUT2D eigenvalue weighted by molar-refractivity contribution is 0.0526. The van der Waals surface area contributed by atoms with Gasteiger partial charge in [0, 0.05) is 16.7 Å². The molecule has 0 aromatic heterocycles. The molecule has 19 heavy (non-hydrogen) atoms. The Hall–Kier alpha value is -1.03. The summed E-state index contributed by atoms with van der Waals surface area (Å²) in [5.41, 5.74) is 1.58. The molecule has 0 amide bonds. The van der Waals surface area contributed by atoms with Crippen molar-refractivity contribution in [3.05, 3.63) is 28.2 Å². The van der Waals surface area contributed by atoms with E-state index in [2.05, 4.69) is 35.1 Å². The molecule has 0 fully saturated rings. The molecule has 0 saturated carbocycles. The summed E-state index contributed by atoms with van der Waals surface area (Å²) >= 11 is 3.49. The molecule has 0 bridgehead atoms. The van der Waals surface area contributed by atoms with E-state index in [-0.39, 0.29) is 5.97 Å². The van der Waals surface area contributed by atoms with Crippen LogP contribution in [0.5, 0.6) is 0 Å². The average Bonchev–Trinajstić information content (AvgIpc) is 2.41. The second-order valence-corrected chi connectivity index (χ2v) is 5.33. The van der Waals surface area contributed by atoms with Crippen LogP contribution in [0.2, 0.25) is 0 Å². The first-order valence-corrected chi connectivity index (χ1v) is 7.62. The van der Waals surface area contributed by atoms with E-state index in [0.29, 0.717) is 18.1 Å². The Kier molecular flexibility index (Phi) is 6.92. The highest BCUT2D eigenvalue weighted by Crippen LogP contribution is 2.24. The zero-order chi connectivity index (χ0) is 14.3. The van der Waals surface area contributed by atoms with E-state index < -0.39 is 0 Å². The van der Waals surface area contributed by atoms with Crippen LogP contribution in [-0.2, 0) is 4.74 Å². The molecule has 0 aliphatic heterocycles. The van der Waals surface area contributed by atoms with E-state index in [4.69, 9.17) is 4.74 Å². The highest BCUT2D eigenvalue weighted by atomic mass is 79.9. The molecule has 106 valence electrons. The Morgan fingerprint density at radius 3 is 2.53 bits per heavy atom. The Bertz CT molecular complexity index is 417. The van der Waals surface area contributed by atoms with E-state index in [1.807, 2.05) is 6.07 Å². The first-order valence-electron chi connectivity index (χ1n) is 6.82. The predicted octanol–water partition coefficient (Wildman–Crippen LogP) is 4.47. The molecule has 1 aromatic rings. The molecule has 0 aliphatic carbocycles. The third kappa shape index (κ3) is 4.86. The van der Waals surface area contributed by atoms with E-state index in [1.54, 1.807) is 19.1 Å². The van der Waals surface area contributed by atoms with Crippen LogP contribution >= 0.6 is 15.9 Å². The fourth-order valence-corrected chi connectivity index (χ4v) is 2.35. The summed E-state index contributed by atoms with van der Waals surface area (Å²) < 4.78 is 5.87. The van der Waals surface area contributed by atoms with E-state index in [1.165, 1.54) is 12.8 Å². The second kappa shape index (κ2) is 8.20. The van der Waals surface area contributed by atoms with Gasteiger partial charge in [-0.2, -0.15) is 0 Å². The summed E-state index contributed by atoms with van der Waals surface area (Å²) in [4.78, 5) is 11.6. The second-order valence-electron chi connectivity index (χ2n) is 4.48. The summed E-state index contributed by atoms with van der Waals surface area (Å²) in [7, 11) is 0. The van der Waals surface area contributed by atoms with Crippen LogP contribution in [0.3, 0.4) is 0 Å². The van der Waals surface area contributed by atoms with Gasteiger partial charge < -0.3 is 10.1 Å². The fraction of sp³-hybridized carbons (Fsp3) is 0.533. The molecule has 0 unspecified atom stereocenters. The molecule has 3 nitrogen and oxygen atoms in total. The van der Waals surface area contributed by atoms with Gasteiger partial charge in [-0.1, -0.05) is 26.7 Å². The minimum atomic E-state index is -0.283. The van der Waals surface area contributed by atoms with Crippen molar-refractivity contribution in [3.8, 4) is 0 Å². The SMILES string of the molecule is CCOC(=O)c1ccc(NCC(CC)CC)c(Br)c1. The first-order chi connectivity index (χ1) is 9.12. The molecule has 0 radical (unpaired) electrons. The summed E-state index contributed by atoms with van der Waals surface area (Å²) in [6.45, 7) is 7.55. The van der Waals surface area contributed by atoms with Crippen molar-refractivity contribution in [1.82, 2.24) is 0 Å². The summed E-state index contributed by atoms with van der Waals surface area (Å²) in [6, 6.07) is 5.50. The Morgan fingerprint density at radius 2 is 2.00 bits per heavy atom. The first kappa shape index (κ1) is 16.0. The zero-order valence-corrected chi connectivity index (χ0v) is 13.4. The van der Waals surface area contributed by atoms with Crippen molar-refractivity contribution in [2.45, 2.75) is 33.6 Å². The largest absolute Gasteiger partial charge is 0.462 e. The molecule has 0 aliphatic rings. The third-order valence-corrected chi connectivity index (χ3v) is 3.87. The number of carbonyl (C=O) groups excluding carboxylic acids is 1. The Balaban J connectivity index is 2.69. The van der Waals surface area contributed by atoms with Crippen LogP contribution in [0.15, 0.2) is 22.7 Å². The van der Waals surface area contributed by atoms with Crippen molar-refractivity contribution in [1.29, 1.82) is 0 Å². The van der Waals surface area contributed by atoms with Crippen LogP contribution in [-0.4, -0.2) is 19.1 Å². The number of esters is 1. The van der Waals surface area contributed by atoms with E-state index >= 15 is 0 Å². The molecule has 1 aromatic carbocycles. The number of nitrogens with one attached hydrogen (secondary N) is 1. The van der Waals surface area contributed by atoms with Gasteiger partial charge in [-0.25, -0.2) is 4.79 Å².